The van der Waals surface area contributed by atoms with Gasteiger partial charge in [0.25, 0.3) is 5.91 Å². The molecule has 1 aliphatic carbocycles. The van der Waals surface area contributed by atoms with Gasteiger partial charge in [0.05, 0.1) is 21.0 Å². The summed E-state index contributed by atoms with van der Waals surface area (Å²) in [5, 5.41) is 6.26. The Morgan fingerprint density at radius 1 is 1.03 bits per heavy atom. The van der Waals surface area contributed by atoms with Crippen molar-refractivity contribution >= 4 is 46.7 Å². The molecule has 0 saturated heterocycles. The maximum absolute atomic E-state index is 13.3. The van der Waals surface area contributed by atoms with E-state index in [0.29, 0.717) is 18.7 Å². The molecule has 0 spiro atoms. The van der Waals surface area contributed by atoms with Crippen molar-refractivity contribution in [3.63, 3.8) is 0 Å². The number of anilines is 1. The predicted octanol–water partition coefficient (Wildman–Crippen LogP) is 5.52. The fraction of sp³-hybridized carbons (Fsp3) is 0.464. The minimum absolute atomic E-state index is 0.146. The van der Waals surface area contributed by atoms with Crippen molar-refractivity contribution in [1.29, 1.82) is 0 Å². The van der Waals surface area contributed by atoms with E-state index in [9.17, 15) is 14.4 Å². The lowest BCUT2D eigenvalue weighted by Crippen LogP contribution is -2.50. The Morgan fingerprint density at radius 3 is 2.16 bits per heavy atom. The van der Waals surface area contributed by atoms with Crippen LogP contribution < -0.4 is 16.4 Å². The van der Waals surface area contributed by atoms with Gasteiger partial charge in [0.2, 0.25) is 5.91 Å². The molecular formula is C28H35Cl2N3O4. The van der Waals surface area contributed by atoms with Gasteiger partial charge in [-0.25, -0.2) is 4.79 Å². The number of nitrogens with two attached hydrogens (primary N) is 1. The third kappa shape index (κ3) is 7.69. The van der Waals surface area contributed by atoms with Crippen LogP contribution in [0.25, 0.3) is 0 Å². The molecule has 1 aliphatic rings. The molecule has 0 aliphatic heterocycles. The molecule has 0 bridgehead atoms. The summed E-state index contributed by atoms with van der Waals surface area (Å²) in [5.41, 5.74) is 6.11. The van der Waals surface area contributed by atoms with E-state index in [1.54, 1.807) is 63.2 Å². The summed E-state index contributed by atoms with van der Waals surface area (Å²) < 4.78 is 5.62. The van der Waals surface area contributed by atoms with E-state index in [1.807, 2.05) is 0 Å². The number of rotatable bonds is 9. The lowest BCUT2D eigenvalue weighted by atomic mass is 9.81. The van der Waals surface area contributed by atoms with Gasteiger partial charge in [0.1, 0.15) is 11.6 Å². The molecule has 3 rings (SSSR count). The van der Waals surface area contributed by atoms with Crippen molar-refractivity contribution in [3.05, 3.63) is 63.6 Å². The summed E-state index contributed by atoms with van der Waals surface area (Å²) in [7, 11) is 0. The van der Waals surface area contributed by atoms with Crippen LogP contribution in [0.3, 0.4) is 0 Å². The van der Waals surface area contributed by atoms with Crippen LogP contribution in [0.1, 0.15) is 68.8 Å². The minimum atomic E-state index is -0.857. The van der Waals surface area contributed by atoms with Gasteiger partial charge >= 0.3 is 5.97 Å². The number of esters is 1. The van der Waals surface area contributed by atoms with Crippen molar-refractivity contribution in [1.82, 2.24) is 5.32 Å². The van der Waals surface area contributed by atoms with Crippen LogP contribution in [-0.2, 0) is 20.7 Å². The van der Waals surface area contributed by atoms with Crippen LogP contribution >= 0.6 is 23.2 Å². The third-order valence-corrected chi connectivity index (χ3v) is 7.13. The lowest BCUT2D eigenvalue weighted by Gasteiger charge is -2.31. The molecule has 1 fully saturated rings. The molecule has 4 N–H and O–H groups in total. The zero-order valence-electron chi connectivity index (χ0n) is 21.5. The highest BCUT2D eigenvalue weighted by Gasteiger charge is 2.42. The molecule has 0 heterocycles. The molecule has 1 unspecified atom stereocenters. The maximum Gasteiger partial charge on any atom is 0.329 e. The normalized spacial score (nSPS) is 15.6. The van der Waals surface area contributed by atoms with Crippen molar-refractivity contribution in [3.8, 4) is 0 Å². The third-order valence-electron chi connectivity index (χ3n) is 6.50. The predicted molar refractivity (Wildman–Crippen MR) is 147 cm³/mol. The molecule has 200 valence electrons. The van der Waals surface area contributed by atoms with Gasteiger partial charge in [-0.1, -0.05) is 54.2 Å². The topological polar surface area (TPSA) is 111 Å². The molecule has 0 aromatic heterocycles. The van der Waals surface area contributed by atoms with Gasteiger partial charge in [-0.05, 0) is 76.4 Å². The number of carbonyl (C=O) groups is 3. The Labute approximate surface area is 228 Å². The zero-order chi connectivity index (χ0) is 27.2. The summed E-state index contributed by atoms with van der Waals surface area (Å²) in [6.07, 6.45) is 4.30. The van der Waals surface area contributed by atoms with E-state index in [0.717, 1.165) is 31.2 Å². The number of carbonyl (C=O) groups excluding carboxylic acids is 3. The SMILES string of the molecule is CC(C)(C)OC(=O)C(Cc1ccc(NC(=O)c2c(Cl)cccc2Cl)cc1)NC(=O)C1(CCN)CCCC1. The van der Waals surface area contributed by atoms with Gasteiger partial charge in [0.15, 0.2) is 0 Å². The highest BCUT2D eigenvalue weighted by atomic mass is 35.5. The van der Waals surface area contributed by atoms with Gasteiger partial charge in [-0.3, -0.25) is 9.59 Å². The first-order chi connectivity index (χ1) is 17.4. The summed E-state index contributed by atoms with van der Waals surface area (Å²) in [6.45, 7) is 5.79. The first kappa shape index (κ1) is 29.0. The van der Waals surface area contributed by atoms with Crippen LogP contribution in [0.4, 0.5) is 5.69 Å². The van der Waals surface area contributed by atoms with E-state index >= 15 is 0 Å². The Kier molecular flexibility index (Phi) is 9.62. The number of amides is 2. The molecule has 1 atom stereocenters. The fourth-order valence-corrected chi connectivity index (χ4v) is 5.23. The highest BCUT2D eigenvalue weighted by Crippen LogP contribution is 2.41. The van der Waals surface area contributed by atoms with Crippen molar-refractivity contribution in [2.75, 3.05) is 11.9 Å². The second-order valence-electron chi connectivity index (χ2n) is 10.5. The lowest BCUT2D eigenvalue weighted by molar-refractivity contribution is -0.159. The maximum atomic E-state index is 13.3. The zero-order valence-corrected chi connectivity index (χ0v) is 23.0. The van der Waals surface area contributed by atoms with Crippen molar-refractivity contribution in [2.45, 2.75) is 70.9 Å². The van der Waals surface area contributed by atoms with Crippen LogP contribution in [0.2, 0.25) is 10.0 Å². The molecule has 0 radical (unpaired) electrons. The number of ether oxygens (including phenoxy) is 1. The number of hydrogen-bond acceptors (Lipinski definition) is 5. The molecule has 7 nitrogen and oxygen atoms in total. The van der Waals surface area contributed by atoms with Crippen molar-refractivity contribution < 1.29 is 19.1 Å². The van der Waals surface area contributed by atoms with Crippen LogP contribution in [0.5, 0.6) is 0 Å². The molecular weight excluding hydrogens is 513 g/mol. The second kappa shape index (κ2) is 12.3. The molecule has 2 aromatic rings. The summed E-state index contributed by atoms with van der Waals surface area (Å²) in [5.74, 6) is -1.07. The summed E-state index contributed by atoms with van der Waals surface area (Å²) in [6, 6.07) is 11.0. The van der Waals surface area contributed by atoms with E-state index in [-0.39, 0.29) is 27.9 Å². The van der Waals surface area contributed by atoms with E-state index in [1.165, 1.54) is 0 Å². The minimum Gasteiger partial charge on any atom is -0.458 e. The number of benzene rings is 2. The Morgan fingerprint density at radius 2 is 1.62 bits per heavy atom. The van der Waals surface area contributed by atoms with E-state index in [2.05, 4.69) is 10.6 Å². The second-order valence-corrected chi connectivity index (χ2v) is 11.4. The molecule has 37 heavy (non-hydrogen) atoms. The highest BCUT2D eigenvalue weighted by molar-refractivity contribution is 6.40. The molecule has 2 aromatic carbocycles. The van der Waals surface area contributed by atoms with Crippen LogP contribution in [0, 0.1) is 5.41 Å². The first-order valence-electron chi connectivity index (χ1n) is 12.5. The number of nitrogens with one attached hydrogen (secondary N) is 2. The molecule has 1 saturated carbocycles. The van der Waals surface area contributed by atoms with Crippen LogP contribution in [0.15, 0.2) is 42.5 Å². The van der Waals surface area contributed by atoms with Gasteiger partial charge in [0, 0.05) is 12.1 Å². The smallest absolute Gasteiger partial charge is 0.329 e. The Hall–Kier alpha value is -2.61. The summed E-state index contributed by atoms with van der Waals surface area (Å²) >= 11 is 12.3. The van der Waals surface area contributed by atoms with Crippen LogP contribution in [-0.4, -0.2) is 36.0 Å². The average molecular weight is 549 g/mol. The largest absolute Gasteiger partial charge is 0.458 e. The average Bonchev–Trinajstić information content (AvgIpc) is 3.29. The number of hydrogen-bond donors (Lipinski definition) is 3. The first-order valence-corrected chi connectivity index (χ1v) is 13.3. The summed E-state index contributed by atoms with van der Waals surface area (Å²) in [4.78, 5) is 39.1. The van der Waals surface area contributed by atoms with Crippen molar-refractivity contribution in [2.24, 2.45) is 11.1 Å². The Balaban J connectivity index is 1.75. The molecule has 9 heteroatoms. The monoisotopic (exact) mass is 547 g/mol. The quantitative estimate of drug-likeness (QED) is 0.357. The van der Waals surface area contributed by atoms with Gasteiger partial charge < -0.3 is 21.1 Å². The van der Waals surface area contributed by atoms with Gasteiger partial charge in [-0.15, -0.1) is 0 Å². The molecule has 2 amide bonds. The Bertz CT molecular complexity index is 1100. The van der Waals surface area contributed by atoms with Gasteiger partial charge in [-0.2, -0.15) is 0 Å². The fourth-order valence-electron chi connectivity index (χ4n) is 4.66. The standard InChI is InChI=1S/C28H35Cl2N3O4/c1-27(2,3)37-25(35)22(33-26(36)28(15-16-31)13-4-5-14-28)17-18-9-11-19(12-10-18)32-24(34)23-20(29)7-6-8-21(23)30/h6-12,22H,4-5,13-17,31H2,1-3H3,(H,32,34)(H,33,36). The van der Waals surface area contributed by atoms with E-state index < -0.39 is 28.9 Å². The number of halogens is 2. The van der Waals surface area contributed by atoms with E-state index in [4.69, 9.17) is 33.7 Å².